The van der Waals surface area contributed by atoms with Gasteiger partial charge in [0.15, 0.2) is 0 Å². The number of ether oxygens (including phenoxy) is 2. The zero-order valence-electron chi connectivity index (χ0n) is 14.4. The quantitative estimate of drug-likeness (QED) is 0.469. The Balaban J connectivity index is 2.92. The lowest BCUT2D eigenvalue weighted by atomic mass is 9.98. The molecule has 0 fully saturated rings. The fraction of sp³-hybridized carbons (Fsp3) is 0.294. The second-order valence-electron chi connectivity index (χ2n) is 5.23. The third-order valence-electron chi connectivity index (χ3n) is 3.92. The van der Waals surface area contributed by atoms with Crippen LogP contribution in [-0.2, 0) is 16.5 Å². The Morgan fingerprint density at radius 2 is 1.88 bits per heavy atom. The molecule has 0 N–H and O–H groups in total. The predicted molar refractivity (Wildman–Crippen MR) is 89.5 cm³/mol. The highest BCUT2D eigenvalue weighted by Crippen LogP contribution is 2.38. The van der Waals surface area contributed by atoms with Crippen molar-refractivity contribution in [1.82, 2.24) is 4.57 Å². The SMILES string of the molecule is CCOC(=O)c1c(-c2ccccc2[N+](=O)[O-])c(C(=O)OC)c(C)n1C. The summed E-state index contributed by atoms with van der Waals surface area (Å²) in [6, 6.07) is 5.91. The number of nitrogens with zero attached hydrogens (tertiary/aromatic N) is 2. The molecule has 0 bridgehead atoms. The summed E-state index contributed by atoms with van der Waals surface area (Å²) in [5, 5.41) is 11.4. The van der Waals surface area contributed by atoms with Crippen LogP contribution >= 0.6 is 0 Å². The van der Waals surface area contributed by atoms with Crippen molar-refractivity contribution in [1.29, 1.82) is 0 Å². The number of aromatic nitrogens is 1. The first kappa shape index (κ1) is 18.2. The molecule has 1 heterocycles. The number of benzene rings is 1. The van der Waals surface area contributed by atoms with E-state index in [1.165, 1.54) is 29.9 Å². The molecule has 0 aliphatic heterocycles. The van der Waals surface area contributed by atoms with Gasteiger partial charge in [-0.1, -0.05) is 12.1 Å². The van der Waals surface area contributed by atoms with Crippen LogP contribution in [0.5, 0.6) is 0 Å². The molecule has 2 aromatic rings. The van der Waals surface area contributed by atoms with E-state index >= 15 is 0 Å². The molecule has 132 valence electrons. The first-order valence-corrected chi connectivity index (χ1v) is 7.53. The van der Waals surface area contributed by atoms with Crippen LogP contribution < -0.4 is 0 Å². The molecule has 1 aromatic carbocycles. The molecule has 8 heteroatoms. The van der Waals surface area contributed by atoms with Crippen LogP contribution in [0.15, 0.2) is 24.3 Å². The summed E-state index contributed by atoms with van der Waals surface area (Å²) in [5.41, 5.74) is 0.681. The molecule has 0 unspecified atom stereocenters. The molecule has 0 amide bonds. The van der Waals surface area contributed by atoms with E-state index in [9.17, 15) is 19.7 Å². The van der Waals surface area contributed by atoms with E-state index in [1.54, 1.807) is 27.0 Å². The van der Waals surface area contributed by atoms with Gasteiger partial charge in [0, 0.05) is 24.4 Å². The minimum Gasteiger partial charge on any atom is -0.465 e. The van der Waals surface area contributed by atoms with E-state index in [1.807, 2.05) is 0 Å². The van der Waals surface area contributed by atoms with Gasteiger partial charge in [-0.2, -0.15) is 0 Å². The van der Waals surface area contributed by atoms with Crippen LogP contribution in [0.2, 0.25) is 0 Å². The number of rotatable bonds is 5. The van der Waals surface area contributed by atoms with E-state index in [4.69, 9.17) is 9.47 Å². The average molecular weight is 346 g/mol. The third-order valence-corrected chi connectivity index (χ3v) is 3.92. The van der Waals surface area contributed by atoms with Crippen molar-refractivity contribution in [2.45, 2.75) is 13.8 Å². The van der Waals surface area contributed by atoms with Crippen molar-refractivity contribution < 1.29 is 24.0 Å². The van der Waals surface area contributed by atoms with Gasteiger partial charge in [0.2, 0.25) is 0 Å². The standard InChI is InChI=1S/C17H18N2O6/c1-5-25-17(21)15-14(11-8-6-7-9-12(11)19(22)23)13(16(20)24-4)10(2)18(15)3/h6-9H,5H2,1-4H3. The Labute approximate surface area is 144 Å². The van der Waals surface area contributed by atoms with Crippen molar-refractivity contribution in [2.24, 2.45) is 7.05 Å². The van der Waals surface area contributed by atoms with Gasteiger partial charge < -0.3 is 14.0 Å². The zero-order chi connectivity index (χ0) is 18.7. The van der Waals surface area contributed by atoms with Crippen LogP contribution in [-0.4, -0.2) is 35.1 Å². The van der Waals surface area contributed by atoms with E-state index in [0.717, 1.165) is 0 Å². The van der Waals surface area contributed by atoms with Gasteiger partial charge in [-0.25, -0.2) is 9.59 Å². The number of carbonyl (C=O) groups is 2. The third kappa shape index (κ3) is 3.10. The molecule has 1 aromatic heterocycles. The highest BCUT2D eigenvalue weighted by atomic mass is 16.6. The average Bonchev–Trinajstić information content (AvgIpc) is 2.86. The Morgan fingerprint density at radius 1 is 1.24 bits per heavy atom. The van der Waals surface area contributed by atoms with Gasteiger partial charge in [-0.05, 0) is 19.9 Å². The van der Waals surface area contributed by atoms with E-state index in [-0.39, 0.29) is 34.7 Å². The topological polar surface area (TPSA) is 101 Å². The van der Waals surface area contributed by atoms with Crippen LogP contribution in [0, 0.1) is 17.0 Å². The summed E-state index contributed by atoms with van der Waals surface area (Å²) in [4.78, 5) is 35.6. The lowest BCUT2D eigenvalue weighted by Gasteiger charge is -2.09. The number of hydrogen-bond acceptors (Lipinski definition) is 6. The summed E-state index contributed by atoms with van der Waals surface area (Å²) < 4.78 is 11.4. The van der Waals surface area contributed by atoms with Crippen LogP contribution in [0.1, 0.15) is 33.5 Å². The lowest BCUT2D eigenvalue weighted by Crippen LogP contribution is -2.12. The number of carbonyl (C=O) groups excluding carboxylic acids is 2. The first-order valence-electron chi connectivity index (χ1n) is 7.53. The number of esters is 2. The number of para-hydroxylation sites is 1. The van der Waals surface area contributed by atoms with Crippen molar-refractivity contribution in [3.63, 3.8) is 0 Å². The molecule has 0 saturated carbocycles. The summed E-state index contributed by atoms with van der Waals surface area (Å²) in [6.07, 6.45) is 0. The van der Waals surface area contributed by atoms with Gasteiger partial charge in [-0.3, -0.25) is 10.1 Å². The minimum atomic E-state index is -0.684. The van der Waals surface area contributed by atoms with E-state index < -0.39 is 16.9 Å². The number of nitro groups is 1. The molecule has 0 aliphatic carbocycles. The molecule has 2 rings (SSSR count). The maximum atomic E-state index is 12.5. The van der Waals surface area contributed by atoms with Crippen LogP contribution in [0.25, 0.3) is 11.1 Å². The summed E-state index contributed by atoms with van der Waals surface area (Å²) in [5.74, 6) is -1.35. The highest BCUT2D eigenvalue weighted by molar-refractivity contribution is 6.08. The molecular formula is C17H18N2O6. The zero-order valence-corrected chi connectivity index (χ0v) is 14.4. The molecule has 8 nitrogen and oxygen atoms in total. The molecule has 0 spiro atoms. The maximum Gasteiger partial charge on any atom is 0.355 e. The van der Waals surface area contributed by atoms with Crippen molar-refractivity contribution >= 4 is 17.6 Å². The van der Waals surface area contributed by atoms with Gasteiger partial charge in [0.25, 0.3) is 5.69 Å². The molecule has 0 radical (unpaired) electrons. The maximum absolute atomic E-state index is 12.5. The Morgan fingerprint density at radius 3 is 2.44 bits per heavy atom. The van der Waals surface area contributed by atoms with Crippen LogP contribution in [0.4, 0.5) is 5.69 Å². The lowest BCUT2D eigenvalue weighted by molar-refractivity contribution is -0.384. The highest BCUT2D eigenvalue weighted by Gasteiger charge is 2.32. The Bertz CT molecular complexity index is 853. The van der Waals surface area contributed by atoms with Gasteiger partial charge in [0.1, 0.15) is 5.69 Å². The Kier molecular flexibility index (Phi) is 5.21. The van der Waals surface area contributed by atoms with Crippen LogP contribution in [0.3, 0.4) is 0 Å². The normalized spacial score (nSPS) is 10.4. The summed E-state index contributed by atoms with van der Waals surface area (Å²) in [7, 11) is 2.80. The van der Waals surface area contributed by atoms with Crippen molar-refractivity contribution in [3.8, 4) is 11.1 Å². The largest absolute Gasteiger partial charge is 0.465 e. The number of hydrogen-bond donors (Lipinski definition) is 0. The second kappa shape index (κ2) is 7.16. The number of methoxy groups -OCH3 is 1. The van der Waals surface area contributed by atoms with Crippen molar-refractivity contribution in [2.75, 3.05) is 13.7 Å². The molecular weight excluding hydrogens is 328 g/mol. The Hall–Kier alpha value is -3.16. The van der Waals surface area contributed by atoms with Gasteiger partial charge in [-0.15, -0.1) is 0 Å². The smallest absolute Gasteiger partial charge is 0.355 e. The first-order chi connectivity index (χ1) is 11.8. The molecule has 0 saturated heterocycles. The fourth-order valence-corrected chi connectivity index (χ4v) is 2.70. The number of nitro benzene ring substituents is 1. The molecule has 0 aliphatic rings. The summed E-state index contributed by atoms with van der Waals surface area (Å²) >= 11 is 0. The molecule has 0 atom stereocenters. The van der Waals surface area contributed by atoms with Crippen molar-refractivity contribution in [3.05, 3.63) is 51.3 Å². The predicted octanol–water partition coefficient (Wildman–Crippen LogP) is 2.87. The van der Waals surface area contributed by atoms with Gasteiger partial charge in [0.05, 0.1) is 29.8 Å². The van der Waals surface area contributed by atoms with E-state index in [0.29, 0.717) is 5.69 Å². The molecule has 25 heavy (non-hydrogen) atoms. The monoisotopic (exact) mass is 346 g/mol. The van der Waals surface area contributed by atoms with Gasteiger partial charge >= 0.3 is 11.9 Å². The fourth-order valence-electron chi connectivity index (χ4n) is 2.70. The van der Waals surface area contributed by atoms with E-state index in [2.05, 4.69) is 0 Å². The second-order valence-corrected chi connectivity index (χ2v) is 5.23. The summed E-state index contributed by atoms with van der Waals surface area (Å²) in [6.45, 7) is 3.42. The minimum absolute atomic E-state index is 0.0639.